The minimum atomic E-state index is 0.0350. The fourth-order valence-electron chi connectivity index (χ4n) is 4.09. The number of aryl methyl sites for hydroxylation is 1. The van der Waals surface area contributed by atoms with Gasteiger partial charge in [-0.15, -0.1) is 0 Å². The number of piperidine rings is 1. The van der Waals surface area contributed by atoms with Crippen LogP contribution in [0.3, 0.4) is 0 Å². The van der Waals surface area contributed by atoms with Crippen molar-refractivity contribution in [1.29, 1.82) is 0 Å². The smallest absolute Gasteiger partial charge is 0.253 e. The van der Waals surface area contributed by atoms with E-state index < -0.39 is 0 Å². The van der Waals surface area contributed by atoms with Crippen molar-refractivity contribution in [2.24, 2.45) is 0 Å². The molecule has 2 amide bonds. The van der Waals surface area contributed by atoms with E-state index in [2.05, 4.69) is 10.3 Å². The zero-order valence-corrected chi connectivity index (χ0v) is 15.5. The molecule has 2 aliphatic heterocycles. The Morgan fingerprint density at radius 2 is 1.93 bits per heavy atom. The van der Waals surface area contributed by atoms with Crippen molar-refractivity contribution >= 4 is 28.6 Å². The Bertz CT molecular complexity index is 1030. The molecule has 0 bridgehead atoms. The molecule has 0 saturated carbocycles. The highest BCUT2D eigenvalue weighted by Gasteiger charge is 2.28. The molecule has 1 fully saturated rings. The third-order valence-corrected chi connectivity index (χ3v) is 5.69. The maximum atomic E-state index is 12.9. The normalized spacial score (nSPS) is 17.4. The molecule has 1 aromatic heterocycles. The Kier molecular flexibility index (Phi) is 4.11. The number of aromatic nitrogens is 1. The first-order valence-corrected chi connectivity index (χ1v) is 9.75. The van der Waals surface area contributed by atoms with Gasteiger partial charge in [0.1, 0.15) is 5.52 Å². The molecule has 5 rings (SSSR count). The second-order valence-electron chi connectivity index (χ2n) is 7.51. The predicted octanol–water partition coefficient (Wildman–Crippen LogP) is 3.73. The van der Waals surface area contributed by atoms with E-state index in [1.807, 2.05) is 41.3 Å². The standard InChI is InChI=1S/C22H21N3O3/c26-20-8-6-15-13-16(5-7-17(15)23-20)22(27)25-11-9-14(10-12-25)21-24-18-3-1-2-4-19(18)28-21/h1-5,7,13-14H,6,8-12H2,(H,23,26). The molecule has 142 valence electrons. The zero-order chi connectivity index (χ0) is 19.1. The Morgan fingerprint density at radius 3 is 2.75 bits per heavy atom. The number of rotatable bonds is 2. The summed E-state index contributed by atoms with van der Waals surface area (Å²) in [5.74, 6) is 1.11. The molecule has 0 spiro atoms. The van der Waals surface area contributed by atoms with Crippen molar-refractivity contribution in [1.82, 2.24) is 9.88 Å². The summed E-state index contributed by atoms with van der Waals surface area (Å²) in [6, 6.07) is 13.4. The summed E-state index contributed by atoms with van der Waals surface area (Å²) in [7, 11) is 0. The monoisotopic (exact) mass is 375 g/mol. The molecule has 0 aliphatic carbocycles. The van der Waals surface area contributed by atoms with Gasteiger partial charge in [-0.2, -0.15) is 0 Å². The van der Waals surface area contributed by atoms with Gasteiger partial charge in [0, 0.05) is 36.7 Å². The van der Waals surface area contributed by atoms with Crippen LogP contribution in [0.25, 0.3) is 11.1 Å². The molecule has 0 atom stereocenters. The third kappa shape index (κ3) is 3.05. The van der Waals surface area contributed by atoms with Gasteiger partial charge in [0.2, 0.25) is 5.91 Å². The lowest BCUT2D eigenvalue weighted by Crippen LogP contribution is -2.38. The highest BCUT2D eigenvalue weighted by Crippen LogP contribution is 2.31. The lowest BCUT2D eigenvalue weighted by Gasteiger charge is -2.31. The average molecular weight is 375 g/mol. The zero-order valence-electron chi connectivity index (χ0n) is 15.5. The van der Waals surface area contributed by atoms with E-state index >= 15 is 0 Å². The van der Waals surface area contributed by atoms with Gasteiger partial charge in [0.25, 0.3) is 5.91 Å². The molecule has 1 N–H and O–H groups in total. The second-order valence-corrected chi connectivity index (χ2v) is 7.51. The fourth-order valence-corrected chi connectivity index (χ4v) is 4.09. The van der Waals surface area contributed by atoms with E-state index in [1.54, 1.807) is 6.07 Å². The van der Waals surface area contributed by atoms with Crippen LogP contribution in [0, 0.1) is 0 Å². The average Bonchev–Trinajstić information content (AvgIpc) is 3.17. The number of fused-ring (bicyclic) bond motifs is 2. The van der Waals surface area contributed by atoms with Crippen LogP contribution in [0.1, 0.15) is 47.0 Å². The van der Waals surface area contributed by atoms with E-state index in [9.17, 15) is 9.59 Å². The molecule has 3 aromatic rings. The van der Waals surface area contributed by atoms with Crippen LogP contribution in [0.4, 0.5) is 5.69 Å². The molecule has 0 unspecified atom stereocenters. The second kappa shape index (κ2) is 6.78. The largest absolute Gasteiger partial charge is 0.440 e. The number of carbonyl (C=O) groups is 2. The number of hydrogen-bond donors (Lipinski definition) is 1. The summed E-state index contributed by atoms with van der Waals surface area (Å²) >= 11 is 0. The number of nitrogens with zero attached hydrogens (tertiary/aromatic N) is 2. The molecule has 0 radical (unpaired) electrons. The first-order chi connectivity index (χ1) is 13.7. The molecule has 28 heavy (non-hydrogen) atoms. The minimum Gasteiger partial charge on any atom is -0.440 e. The molecule has 2 aliphatic rings. The number of carbonyl (C=O) groups excluding carboxylic acids is 2. The van der Waals surface area contributed by atoms with Gasteiger partial charge >= 0.3 is 0 Å². The van der Waals surface area contributed by atoms with Gasteiger partial charge in [-0.25, -0.2) is 4.98 Å². The molecular weight excluding hydrogens is 354 g/mol. The molecule has 1 saturated heterocycles. The number of amides is 2. The van der Waals surface area contributed by atoms with Gasteiger partial charge in [-0.05, 0) is 55.2 Å². The number of hydrogen-bond acceptors (Lipinski definition) is 4. The summed E-state index contributed by atoms with van der Waals surface area (Å²) in [5.41, 5.74) is 4.25. The molecule has 6 heteroatoms. The van der Waals surface area contributed by atoms with Gasteiger partial charge in [-0.3, -0.25) is 9.59 Å². The van der Waals surface area contributed by atoms with Crippen molar-refractivity contribution in [3.05, 3.63) is 59.5 Å². The van der Waals surface area contributed by atoms with Crippen LogP contribution in [-0.4, -0.2) is 34.8 Å². The highest BCUT2D eigenvalue weighted by atomic mass is 16.3. The summed E-state index contributed by atoms with van der Waals surface area (Å²) in [4.78, 5) is 31.0. The third-order valence-electron chi connectivity index (χ3n) is 5.69. The number of likely N-dealkylation sites (tertiary alicyclic amines) is 1. The number of benzene rings is 2. The van der Waals surface area contributed by atoms with Crippen LogP contribution in [-0.2, 0) is 11.2 Å². The molecule has 2 aromatic carbocycles. The summed E-state index contributed by atoms with van der Waals surface area (Å²) in [5, 5.41) is 2.86. The number of oxazole rings is 1. The Morgan fingerprint density at radius 1 is 1.11 bits per heavy atom. The Labute approximate surface area is 162 Å². The van der Waals surface area contributed by atoms with E-state index in [1.165, 1.54) is 0 Å². The van der Waals surface area contributed by atoms with E-state index in [0.29, 0.717) is 31.5 Å². The van der Waals surface area contributed by atoms with E-state index in [0.717, 1.165) is 41.1 Å². The summed E-state index contributed by atoms with van der Waals surface area (Å²) < 4.78 is 5.91. The van der Waals surface area contributed by atoms with Gasteiger partial charge in [0.05, 0.1) is 0 Å². The maximum Gasteiger partial charge on any atom is 0.253 e. The molecular formula is C22H21N3O3. The minimum absolute atomic E-state index is 0.0350. The number of anilines is 1. The van der Waals surface area contributed by atoms with Gasteiger partial charge < -0.3 is 14.6 Å². The van der Waals surface area contributed by atoms with Crippen LogP contribution in [0.2, 0.25) is 0 Å². The van der Waals surface area contributed by atoms with Gasteiger partial charge in [0.15, 0.2) is 11.5 Å². The fraction of sp³-hybridized carbons (Fsp3) is 0.318. The summed E-state index contributed by atoms with van der Waals surface area (Å²) in [6.45, 7) is 1.38. The van der Waals surface area contributed by atoms with Gasteiger partial charge in [-0.1, -0.05) is 12.1 Å². The number of nitrogens with one attached hydrogen (secondary N) is 1. The van der Waals surface area contributed by atoms with Crippen molar-refractivity contribution in [3.63, 3.8) is 0 Å². The van der Waals surface area contributed by atoms with Crippen molar-refractivity contribution in [3.8, 4) is 0 Å². The first-order valence-electron chi connectivity index (χ1n) is 9.75. The summed E-state index contributed by atoms with van der Waals surface area (Å²) in [6.07, 6.45) is 2.85. The lowest BCUT2D eigenvalue weighted by molar-refractivity contribution is -0.116. The van der Waals surface area contributed by atoms with E-state index in [4.69, 9.17) is 4.42 Å². The SMILES string of the molecule is O=C1CCc2cc(C(=O)N3CCC(c4nc5ccccc5o4)CC3)ccc2N1. The van der Waals surface area contributed by atoms with Crippen LogP contribution < -0.4 is 5.32 Å². The highest BCUT2D eigenvalue weighted by molar-refractivity contribution is 5.98. The topological polar surface area (TPSA) is 75.4 Å². The Hall–Kier alpha value is -3.15. The van der Waals surface area contributed by atoms with Crippen molar-refractivity contribution < 1.29 is 14.0 Å². The lowest BCUT2D eigenvalue weighted by atomic mass is 9.95. The molecule has 6 nitrogen and oxygen atoms in total. The predicted molar refractivity (Wildman–Crippen MR) is 105 cm³/mol. The van der Waals surface area contributed by atoms with Crippen molar-refractivity contribution in [2.75, 3.05) is 18.4 Å². The van der Waals surface area contributed by atoms with E-state index in [-0.39, 0.29) is 17.7 Å². The van der Waals surface area contributed by atoms with Crippen molar-refractivity contribution in [2.45, 2.75) is 31.6 Å². The maximum absolute atomic E-state index is 12.9. The van der Waals surface area contributed by atoms with Crippen LogP contribution in [0.5, 0.6) is 0 Å². The quantitative estimate of drug-likeness (QED) is 0.740. The Balaban J connectivity index is 1.27. The number of para-hydroxylation sites is 2. The first kappa shape index (κ1) is 17.0. The van der Waals surface area contributed by atoms with Crippen LogP contribution in [0.15, 0.2) is 46.9 Å². The molecule has 3 heterocycles. The van der Waals surface area contributed by atoms with Crippen LogP contribution >= 0.6 is 0 Å².